The number of carbonyl (C=O) groups is 13. The van der Waals surface area contributed by atoms with Gasteiger partial charge in [-0.05, 0) is 94.6 Å². The molecule has 11 atom stereocenters. The van der Waals surface area contributed by atoms with Gasteiger partial charge >= 0.3 is 5.97 Å². The fourth-order valence-electron chi connectivity index (χ4n) is 12.2. The third kappa shape index (κ3) is 16.6. The van der Waals surface area contributed by atoms with Gasteiger partial charge in [0.2, 0.25) is 70.9 Å². The monoisotopic (exact) mass is 1210 g/mol. The van der Waals surface area contributed by atoms with Gasteiger partial charge in [0, 0.05) is 69.1 Å². The van der Waals surface area contributed by atoms with E-state index in [1.165, 1.54) is 19.6 Å². The Kier molecular flexibility index (Phi) is 22.6. The van der Waals surface area contributed by atoms with Gasteiger partial charge in [-0.1, -0.05) is 38.5 Å². The van der Waals surface area contributed by atoms with Crippen molar-refractivity contribution in [2.75, 3.05) is 32.7 Å². The molecule has 30 heteroatoms. The second-order valence-corrected chi connectivity index (χ2v) is 23.1. The molecule has 6 heterocycles. The number of nitrogens with zero attached hydrogens (tertiary/aromatic N) is 5. The van der Waals surface area contributed by atoms with Crippen molar-refractivity contribution in [2.45, 2.75) is 183 Å². The summed E-state index contributed by atoms with van der Waals surface area (Å²) in [6.07, 6.45) is 3.31. The van der Waals surface area contributed by atoms with Gasteiger partial charge in [-0.15, -0.1) is 0 Å². The van der Waals surface area contributed by atoms with Crippen molar-refractivity contribution in [3.05, 3.63) is 36.0 Å². The average molecular weight is 1220 g/mol. The van der Waals surface area contributed by atoms with Crippen molar-refractivity contribution in [1.29, 1.82) is 0 Å². The number of nitrogens with two attached hydrogens (primary N) is 4. The quantitative estimate of drug-likeness (QED) is 0.0226. The summed E-state index contributed by atoms with van der Waals surface area (Å²) in [5.41, 5.74) is 23.6. The van der Waals surface area contributed by atoms with Gasteiger partial charge in [0.15, 0.2) is 5.96 Å². The maximum absolute atomic E-state index is 15.0. The number of para-hydroxylation sites is 1. The smallest absolute Gasteiger partial charge is 0.326 e. The molecule has 0 aliphatic carbocycles. The molecule has 5 saturated heterocycles. The maximum Gasteiger partial charge on any atom is 0.326 e. The fraction of sp³-hybridized carbons (Fsp3) is 0.614. The summed E-state index contributed by atoms with van der Waals surface area (Å²) in [4.78, 5) is 190. The highest BCUT2D eigenvalue weighted by molar-refractivity contribution is 6.01. The first kappa shape index (κ1) is 65.7. The van der Waals surface area contributed by atoms with Crippen LogP contribution in [0.25, 0.3) is 10.9 Å². The van der Waals surface area contributed by atoms with Gasteiger partial charge < -0.3 is 84.5 Å². The van der Waals surface area contributed by atoms with Crippen molar-refractivity contribution < 1.29 is 67.4 Å². The van der Waals surface area contributed by atoms with Crippen LogP contribution in [0.3, 0.4) is 0 Å². The largest absolute Gasteiger partial charge is 0.480 e. The molecule has 16 N–H and O–H groups in total. The number of carboxylic acid groups (broad SMARTS) is 1. The molecule has 0 unspecified atom stereocenters. The van der Waals surface area contributed by atoms with E-state index in [0.29, 0.717) is 37.7 Å². The summed E-state index contributed by atoms with van der Waals surface area (Å²) in [5, 5.41) is 26.5. The number of benzene rings is 1. The van der Waals surface area contributed by atoms with Crippen LogP contribution in [0, 0.1) is 5.92 Å². The van der Waals surface area contributed by atoms with Crippen LogP contribution in [0.2, 0.25) is 0 Å². The highest BCUT2D eigenvalue weighted by atomic mass is 16.4. The molecule has 1 aromatic heterocycles. The number of nitrogens with one attached hydrogen (secondary N) is 7. The molecular weight excluding hydrogens is 1130 g/mol. The lowest BCUT2D eigenvalue weighted by molar-refractivity contribution is -0.152. The number of hydrogen-bond donors (Lipinski definition) is 12. The standard InChI is InChI=1S/C57H82N16O14/c1-3-30(2)46(55(85)72-25-9-16-41(72)54(84)73-26-10-17-42(73)56(86)87)69-48(78)35(18-20-43(58)74)65-50(80)39-14-7-23-70(39)52(82)36(13-6-22-62-57(60)61)66-51(81)40-15-8-24-71(40)53(83)38(27-31-29-63-33-12-5-4-11-32(31)33)68-49(79)37(28-44(59)75)67-47(77)34-19-21-45(76)64-34/h4-5,11-12,29-30,34-42,46,63H,3,6-10,13-28H2,1-2H3,(H2,58,74)(H2,59,75)(H,64,76)(H,65,80)(H,66,81)(H,67,77)(H,68,79)(H,69,78)(H,86,87)(H4,60,61,62)/t30-,34-,35-,36-,37-,38-,39-,40-,41-,42-,46-/m0/s1. The summed E-state index contributed by atoms with van der Waals surface area (Å²) < 4.78 is 0. The van der Waals surface area contributed by atoms with Crippen molar-refractivity contribution >= 4 is 93.7 Å². The number of fused-ring (bicyclic) bond motifs is 1. The van der Waals surface area contributed by atoms with E-state index in [0.717, 1.165) is 10.9 Å². The fourth-order valence-corrected chi connectivity index (χ4v) is 12.2. The Morgan fingerprint density at radius 1 is 0.644 bits per heavy atom. The first-order valence-corrected chi connectivity index (χ1v) is 29.9. The first-order chi connectivity index (χ1) is 41.5. The lowest BCUT2D eigenvalue weighted by atomic mass is 9.96. The lowest BCUT2D eigenvalue weighted by Crippen LogP contribution is -2.61. The average Bonchev–Trinajstić information content (AvgIpc) is 2.58. The molecule has 1 aromatic carbocycles. The van der Waals surface area contributed by atoms with Crippen molar-refractivity contribution in [3.8, 4) is 0 Å². The van der Waals surface area contributed by atoms with E-state index in [2.05, 4.69) is 41.9 Å². The van der Waals surface area contributed by atoms with E-state index in [4.69, 9.17) is 22.9 Å². The summed E-state index contributed by atoms with van der Waals surface area (Å²) in [5.74, 6) is -10.5. The molecule has 5 aliphatic heterocycles. The minimum Gasteiger partial charge on any atom is -0.480 e. The Morgan fingerprint density at radius 2 is 1.21 bits per heavy atom. The first-order valence-electron chi connectivity index (χ1n) is 29.9. The zero-order valence-electron chi connectivity index (χ0n) is 49.1. The normalized spacial score (nSPS) is 22.0. The number of hydrogen-bond acceptors (Lipinski definition) is 14. The van der Waals surface area contributed by atoms with E-state index in [1.807, 2.05) is 12.1 Å². The molecule has 0 spiro atoms. The maximum atomic E-state index is 15.0. The van der Waals surface area contributed by atoms with Crippen LogP contribution in [-0.2, 0) is 68.7 Å². The number of aromatic nitrogens is 1. The van der Waals surface area contributed by atoms with Crippen molar-refractivity contribution in [1.82, 2.24) is 56.5 Å². The van der Waals surface area contributed by atoms with Gasteiger partial charge in [-0.25, -0.2) is 4.79 Å². The predicted molar refractivity (Wildman–Crippen MR) is 311 cm³/mol. The van der Waals surface area contributed by atoms with Crippen LogP contribution in [0.4, 0.5) is 0 Å². The molecule has 474 valence electrons. The topological polar surface area (TPSA) is 460 Å². The highest BCUT2D eigenvalue weighted by Crippen LogP contribution is 2.29. The number of carboxylic acids is 1. The van der Waals surface area contributed by atoms with Crippen molar-refractivity contribution in [3.63, 3.8) is 0 Å². The number of amides is 12. The molecule has 87 heavy (non-hydrogen) atoms. The van der Waals surface area contributed by atoms with E-state index in [-0.39, 0.29) is 115 Å². The highest BCUT2D eigenvalue weighted by Gasteiger charge is 2.47. The number of aliphatic carboxylic acids is 1. The third-order valence-corrected chi connectivity index (χ3v) is 17.0. The molecule has 0 saturated carbocycles. The van der Waals surface area contributed by atoms with Gasteiger partial charge in [0.25, 0.3) is 0 Å². The van der Waals surface area contributed by atoms with E-state index < -0.39 is 144 Å². The van der Waals surface area contributed by atoms with Crippen LogP contribution in [-0.4, -0.2) is 206 Å². The SMILES string of the molecule is CC[C@H](C)[C@H](NC(=O)[C@H](CCC(N)=O)NC(=O)[C@@H]1CCCN1C(=O)[C@H](CCCN=C(N)N)NC(=O)[C@@H]1CCCN1C(=O)[C@H](Cc1c[nH]c2ccccc12)NC(=O)[C@H](CC(N)=O)NC(=O)[C@@H]1CCC(=O)N1)C(=O)N1CCC[C@H]1C(=O)N1CCC[C@H]1C(=O)O. The summed E-state index contributed by atoms with van der Waals surface area (Å²) in [6.45, 7) is 4.04. The molecule has 7 rings (SSSR count). The minimum atomic E-state index is -1.56. The van der Waals surface area contributed by atoms with Crippen LogP contribution >= 0.6 is 0 Å². The molecular formula is C57H82N16O14. The van der Waals surface area contributed by atoms with Crippen LogP contribution < -0.4 is 54.8 Å². The number of carbonyl (C=O) groups excluding carboxylic acids is 12. The summed E-state index contributed by atoms with van der Waals surface area (Å²) in [6, 6.07) is -5.12. The zero-order chi connectivity index (χ0) is 63.2. The third-order valence-electron chi connectivity index (χ3n) is 17.0. The number of primary amides is 2. The number of aromatic amines is 1. The molecule has 5 fully saturated rings. The number of likely N-dealkylation sites (tertiary alicyclic amines) is 4. The lowest BCUT2D eigenvalue weighted by Gasteiger charge is -2.34. The Balaban J connectivity index is 1.08. The minimum absolute atomic E-state index is 0.0377. The summed E-state index contributed by atoms with van der Waals surface area (Å²) >= 11 is 0. The van der Waals surface area contributed by atoms with Gasteiger partial charge in [-0.2, -0.15) is 0 Å². The van der Waals surface area contributed by atoms with E-state index >= 15 is 0 Å². The Hall–Kier alpha value is -8.86. The zero-order valence-corrected chi connectivity index (χ0v) is 49.1. The van der Waals surface area contributed by atoms with Gasteiger partial charge in [0.1, 0.15) is 60.4 Å². The number of aliphatic imine (C=N–C) groups is 1. The summed E-state index contributed by atoms with van der Waals surface area (Å²) in [7, 11) is 0. The molecule has 0 radical (unpaired) electrons. The molecule has 30 nitrogen and oxygen atoms in total. The van der Waals surface area contributed by atoms with Gasteiger partial charge in [-0.3, -0.25) is 62.5 Å². The second kappa shape index (κ2) is 30.0. The number of guanidine groups is 1. The predicted octanol–water partition coefficient (Wildman–Crippen LogP) is -3.30. The molecule has 2 aromatic rings. The molecule has 0 bridgehead atoms. The molecule has 12 amide bonds. The van der Waals surface area contributed by atoms with Gasteiger partial charge in [0.05, 0.1) is 6.42 Å². The van der Waals surface area contributed by atoms with E-state index in [9.17, 15) is 67.4 Å². The number of H-pyrrole nitrogens is 1. The Bertz CT molecular complexity index is 2980. The Labute approximate surface area is 502 Å². The second-order valence-electron chi connectivity index (χ2n) is 23.1. The van der Waals surface area contributed by atoms with Crippen molar-refractivity contribution in [2.24, 2.45) is 33.8 Å². The Morgan fingerprint density at radius 3 is 1.79 bits per heavy atom. The number of rotatable bonds is 28. The van der Waals surface area contributed by atoms with Crippen LogP contribution in [0.5, 0.6) is 0 Å². The molecule has 5 aliphatic rings. The van der Waals surface area contributed by atoms with Crippen LogP contribution in [0.15, 0.2) is 35.5 Å². The van der Waals surface area contributed by atoms with E-state index in [1.54, 1.807) is 32.2 Å². The van der Waals surface area contributed by atoms with Crippen LogP contribution in [0.1, 0.15) is 122 Å².